The summed E-state index contributed by atoms with van der Waals surface area (Å²) in [5.74, 6) is 0.0268. The molecule has 2 heterocycles. The van der Waals surface area contributed by atoms with Gasteiger partial charge < -0.3 is 9.30 Å². The molecule has 0 aliphatic carbocycles. The summed E-state index contributed by atoms with van der Waals surface area (Å²) < 4.78 is 1.89. The van der Waals surface area contributed by atoms with E-state index in [1.54, 1.807) is 31.3 Å². The Kier molecular flexibility index (Phi) is 3.86. The fourth-order valence-electron chi connectivity index (χ4n) is 2.36. The highest BCUT2D eigenvalue weighted by Gasteiger charge is 2.18. The van der Waals surface area contributed by atoms with Crippen LogP contribution in [0.15, 0.2) is 48.7 Å². The van der Waals surface area contributed by atoms with Gasteiger partial charge in [0.25, 0.3) is 0 Å². The fraction of sp³-hybridized carbons (Fsp3) is 0.176. The number of benzene rings is 1. The number of rotatable bonds is 3. The highest BCUT2D eigenvalue weighted by molar-refractivity contribution is 6.30. The number of imidazole rings is 1. The van der Waals surface area contributed by atoms with E-state index in [1.807, 2.05) is 40.8 Å². The summed E-state index contributed by atoms with van der Waals surface area (Å²) >= 11 is 6.10. The summed E-state index contributed by atoms with van der Waals surface area (Å²) in [6.07, 6.45) is 2.08. The van der Waals surface area contributed by atoms with Crippen molar-refractivity contribution in [2.45, 2.75) is 6.42 Å². The second-order valence-corrected chi connectivity index (χ2v) is 5.75. The minimum atomic E-state index is 0.0268. The average Bonchev–Trinajstić information content (AvgIpc) is 2.86. The number of aromatic nitrogens is 2. The van der Waals surface area contributed by atoms with Gasteiger partial charge >= 0.3 is 0 Å². The molecule has 0 aliphatic rings. The zero-order valence-electron chi connectivity index (χ0n) is 12.5. The van der Waals surface area contributed by atoms with E-state index in [0.717, 1.165) is 22.6 Å². The van der Waals surface area contributed by atoms with Crippen LogP contribution < -0.4 is 0 Å². The predicted molar refractivity (Wildman–Crippen MR) is 88.0 cm³/mol. The normalized spacial score (nSPS) is 10.9. The Hall–Kier alpha value is -2.33. The summed E-state index contributed by atoms with van der Waals surface area (Å²) in [4.78, 5) is 18.4. The first-order valence-corrected chi connectivity index (χ1v) is 7.36. The molecule has 0 saturated heterocycles. The first-order valence-electron chi connectivity index (χ1n) is 6.98. The standard InChI is InChI=1S/C17H16ClN3O/c1-20(2)16(22)10-14-17(12-6-4-3-5-7-12)19-15-9-8-13(18)11-21(14)15/h3-9,11H,10H2,1-2H3. The zero-order valence-corrected chi connectivity index (χ0v) is 13.2. The molecule has 3 aromatic rings. The number of amides is 1. The number of carbonyl (C=O) groups is 1. The summed E-state index contributed by atoms with van der Waals surface area (Å²) in [6, 6.07) is 13.5. The van der Waals surface area contributed by atoms with Gasteiger partial charge in [-0.3, -0.25) is 4.79 Å². The molecule has 5 heteroatoms. The maximum atomic E-state index is 12.2. The van der Waals surface area contributed by atoms with Gasteiger partial charge in [-0.25, -0.2) is 4.98 Å². The van der Waals surface area contributed by atoms with Crippen molar-refractivity contribution in [2.75, 3.05) is 14.1 Å². The van der Waals surface area contributed by atoms with E-state index in [2.05, 4.69) is 4.98 Å². The summed E-state index contributed by atoms with van der Waals surface area (Å²) in [5.41, 5.74) is 3.44. The number of hydrogen-bond acceptors (Lipinski definition) is 2. The second kappa shape index (κ2) is 5.81. The third kappa shape index (κ3) is 2.70. The molecule has 1 aromatic carbocycles. The van der Waals surface area contributed by atoms with Crippen molar-refractivity contribution in [1.29, 1.82) is 0 Å². The molecule has 0 fully saturated rings. The molecule has 22 heavy (non-hydrogen) atoms. The monoisotopic (exact) mass is 313 g/mol. The minimum Gasteiger partial charge on any atom is -0.348 e. The van der Waals surface area contributed by atoms with Gasteiger partial charge in [-0.05, 0) is 12.1 Å². The van der Waals surface area contributed by atoms with Crippen molar-refractivity contribution < 1.29 is 4.79 Å². The van der Waals surface area contributed by atoms with Crippen LogP contribution in [0, 0.1) is 0 Å². The first kappa shape index (κ1) is 14.6. The number of carbonyl (C=O) groups excluding carboxylic acids is 1. The second-order valence-electron chi connectivity index (χ2n) is 5.31. The van der Waals surface area contributed by atoms with E-state index in [0.29, 0.717) is 5.02 Å². The zero-order chi connectivity index (χ0) is 15.7. The quantitative estimate of drug-likeness (QED) is 0.744. The molecule has 0 saturated carbocycles. The van der Waals surface area contributed by atoms with Crippen molar-refractivity contribution in [3.8, 4) is 11.3 Å². The molecule has 4 nitrogen and oxygen atoms in total. The SMILES string of the molecule is CN(C)C(=O)Cc1c(-c2ccccc2)nc2ccc(Cl)cn12. The third-order valence-electron chi connectivity index (χ3n) is 3.55. The molecule has 0 aliphatic heterocycles. The summed E-state index contributed by atoms with van der Waals surface area (Å²) in [6.45, 7) is 0. The number of likely N-dealkylation sites (N-methyl/N-ethyl adjacent to an activating group) is 1. The van der Waals surface area contributed by atoms with E-state index in [-0.39, 0.29) is 12.3 Å². The average molecular weight is 314 g/mol. The molecule has 0 radical (unpaired) electrons. The van der Waals surface area contributed by atoms with Gasteiger partial charge in [-0.2, -0.15) is 0 Å². The van der Waals surface area contributed by atoms with Crippen LogP contribution in [0.3, 0.4) is 0 Å². The predicted octanol–water partition coefficient (Wildman–Crippen LogP) is 3.29. The van der Waals surface area contributed by atoms with Gasteiger partial charge in [-0.1, -0.05) is 41.9 Å². The van der Waals surface area contributed by atoms with E-state index >= 15 is 0 Å². The number of pyridine rings is 1. The largest absolute Gasteiger partial charge is 0.348 e. The van der Waals surface area contributed by atoms with Crippen molar-refractivity contribution >= 4 is 23.2 Å². The van der Waals surface area contributed by atoms with Gasteiger partial charge in [0, 0.05) is 25.9 Å². The topological polar surface area (TPSA) is 37.6 Å². The first-order chi connectivity index (χ1) is 10.6. The van der Waals surface area contributed by atoms with Crippen LogP contribution in [0.4, 0.5) is 0 Å². The van der Waals surface area contributed by atoms with Gasteiger partial charge in [0.2, 0.25) is 5.91 Å². The Morgan fingerprint density at radius 2 is 1.91 bits per heavy atom. The molecule has 1 amide bonds. The van der Waals surface area contributed by atoms with Crippen LogP contribution >= 0.6 is 11.6 Å². The van der Waals surface area contributed by atoms with E-state index < -0.39 is 0 Å². The van der Waals surface area contributed by atoms with Crippen molar-refractivity contribution in [3.63, 3.8) is 0 Å². The Balaban J connectivity index is 2.20. The van der Waals surface area contributed by atoms with Crippen LogP contribution in [0.25, 0.3) is 16.9 Å². The van der Waals surface area contributed by atoms with Gasteiger partial charge in [0.1, 0.15) is 5.65 Å². The number of hydrogen-bond donors (Lipinski definition) is 0. The molecule has 0 spiro atoms. The third-order valence-corrected chi connectivity index (χ3v) is 3.77. The maximum absolute atomic E-state index is 12.2. The highest BCUT2D eigenvalue weighted by Crippen LogP contribution is 2.26. The summed E-state index contributed by atoms with van der Waals surface area (Å²) in [7, 11) is 3.50. The number of halogens is 1. The lowest BCUT2D eigenvalue weighted by Gasteiger charge is -2.11. The van der Waals surface area contributed by atoms with Crippen LogP contribution in [0.2, 0.25) is 5.02 Å². The molecular weight excluding hydrogens is 298 g/mol. The van der Waals surface area contributed by atoms with Gasteiger partial charge in [0.05, 0.1) is 22.8 Å². The molecule has 3 rings (SSSR count). The maximum Gasteiger partial charge on any atom is 0.228 e. The fourth-order valence-corrected chi connectivity index (χ4v) is 2.53. The van der Waals surface area contributed by atoms with Crippen LogP contribution in [0.5, 0.6) is 0 Å². The van der Waals surface area contributed by atoms with Crippen molar-refractivity contribution in [1.82, 2.24) is 14.3 Å². The lowest BCUT2D eigenvalue weighted by molar-refractivity contribution is -0.128. The van der Waals surface area contributed by atoms with Crippen LogP contribution in [-0.4, -0.2) is 34.3 Å². The van der Waals surface area contributed by atoms with Gasteiger partial charge in [-0.15, -0.1) is 0 Å². The Morgan fingerprint density at radius 3 is 2.59 bits per heavy atom. The Labute approximate surface area is 134 Å². The molecular formula is C17H16ClN3O. The van der Waals surface area contributed by atoms with Crippen molar-refractivity contribution in [2.24, 2.45) is 0 Å². The Morgan fingerprint density at radius 1 is 1.18 bits per heavy atom. The molecule has 112 valence electrons. The molecule has 0 unspecified atom stereocenters. The van der Waals surface area contributed by atoms with E-state index in [9.17, 15) is 4.79 Å². The lowest BCUT2D eigenvalue weighted by atomic mass is 10.1. The summed E-state index contributed by atoms with van der Waals surface area (Å²) in [5, 5.41) is 0.614. The molecule has 0 bridgehead atoms. The van der Waals surface area contributed by atoms with Crippen LogP contribution in [-0.2, 0) is 11.2 Å². The molecule has 0 atom stereocenters. The van der Waals surface area contributed by atoms with Crippen LogP contribution in [0.1, 0.15) is 5.69 Å². The minimum absolute atomic E-state index is 0.0268. The van der Waals surface area contributed by atoms with E-state index in [1.165, 1.54) is 0 Å². The smallest absolute Gasteiger partial charge is 0.228 e. The number of fused-ring (bicyclic) bond motifs is 1. The molecule has 0 N–H and O–H groups in total. The Bertz CT molecular complexity index is 825. The molecule has 2 aromatic heterocycles. The number of nitrogens with zero attached hydrogens (tertiary/aromatic N) is 3. The van der Waals surface area contributed by atoms with Gasteiger partial charge in [0.15, 0.2) is 0 Å². The van der Waals surface area contributed by atoms with E-state index in [4.69, 9.17) is 11.6 Å². The highest BCUT2D eigenvalue weighted by atomic mass is 35.5. The lowest BCUT2D eigenvalue weighted by Crippen LogP contribution is -2.24. The van der Waals surface area contributed by atoms with Crippen molar-refractivity contribution in [3.05, 3.63) is 59.4 Å².